The Kier molecular flexibility index (Phi) is 11.5. The third-order valence-electron chi connectivity index (χ3n) is 4.05. The number of amides is 1. The van der Waals surface area contributed by atoms with E-state index in [2.05, 4.69) is 44.2 Å². The molecule has 0 aromatic heterocycles. The summed E-state index contributed by atoms with van der Waals surface area (Å²) in [7, 11) is 0. The van der Waals surface area contributed by atoms with E-state index in [0.717, 1.165) is 25.1 Å². The highest BCUT2D eigenvalue weighted by Gasteiger charge is 2.29. The molecule has 0 saturated heterocycles. The quantitative estimate of drug-likeness (QED) is 0.276. The Morgan fingerprint density at radius 3 is 2.44 bits per heavy atom. The molecule has 0 fully saturated rings. The second-order valence-corrected chi connectivity index (χ2v) is 17.5. The summed E-state index contributed by atoms with van der Waals surface area (Å²) in [5, 5.41) is 0.504. The lowest BCUT2D eigenvalue weighted by molar-refractivity contribution is -0.123. The van der Waals surface area contributed by atoms with Gasteiger partial charge in [0.2, 0.25) is 5.91 Å². The minimum atomic E-state index is -1.91. The van der Waals surface area contributed by atoms with Crippen LogP contribution in [0.5, 0.6) is 0 Å². The second kappa shape index (κ2) is 12.4. The number of hydrogen-bond acceptors (Lipinski definition) is 4. The van der Waals surface area contributed by atoms with Gasteiger partial charge < -0.3 is 0 Å². The second-order valence-electron chi connectivity index (χ2n) is 6.16. The van der Waals surface area contributed by atoms with Crippen LogP contribution in [0.15, 0.2) is 30.3 Å². The van der Waals surface area contributed by atoms with Crippen LogP contribution in [0.4, 0.5) is 0 Å². The van der Waals surface area contributed by atoms with Crippen molar-refractivity contribution in [1.29, 1.82) is 0 Å². The number of benzene rings is 1. The maximum Gasteiger partial charge on any atom is 0.224 e. The van der Waals surface area contributed by atoms with Gasteiger partial charge in [0.25, 0.3) is 0 Å². The zero-order valence-electron chi connectivity index (χ0n) is 15.9. The van der Waals surface area contributed by atoms with E-state index in [0.29, 0.717) is 5.25 Å². The standard InChI is InChI=1S/C19H32NOPS3/c1-5-17(3)25-22(23,20(6-2)18(4)21)24-16-12-8-11-15-19-13-9-7-10-14-19/h7,9-10,13-14,17H,5-6,8,11-12,15-16H2,1-4H3. The van der Waals surface area contributed by atoms with Crippen LogP contribution < -0.4 is 0 Å². The number of hydrogen-bond donors (Lipinski definition) is 0. The molecule has 0 aliphatic heterocycles. The van der Waals surface area contributed by atoms with E-state index in [-0.39, 0.29) is 5.91 Å². The van der Waals surface area contributed by atoms with Gasteiger partial charge in [-0.2, -0.15) is 0 Å². The van der Waals surface area contributed by atoms with E-state index in [1.165, 1.54) is 24.8 Å². The molecule has 0 heterocycles. The van der Waals surface area contributed by atoms with Gasteiger partial charge >= 0.3 is 0 Å². The first kappa shape index (κ1) is 23.1. The molecular formula is C19H32NOPS3. The summed E-state index contributed by atoms with van der Waals surface area (Å²) < 4.78 is 0.0377. The average molecular weight is 418 g/mol. The van der Waals surface area contributed by atoms with Gasteiger partial charge in [-0.05, 0) is 38.2 Å². The van der Waals surface area contributed by atoms with Crippen molar-refractivity contribution in [3.05, 3.63) is 35.9 Å². The van der Waals surface area contributed by atoms with E-state index in [9.17, 15) is 4.79 Å². The van der Waals surface area contributed by atoms with Crippen LogP contribution in [0.2, 0.25) is 0 Å². The molecule has 1 aromatic rings. The summed E-state index contributed by atoms with van der Waals surface area (Å²) in [6.45, 7) is 8.83. The predicted octanol–water partition coefficient (Wildman–Crippen LogP) is 6.76. The van der Waals surface area contributed by atoms with Gasteiger partial charge in [-0.1, -0.05) is 85.2 Å². The Labute approximate surface area is 167 Å². The van der Waals surface area contributed by atoms with Crippen LogP contribution in [0.1, 0.15) is 58.9 Å². The largest absolute Gasteiger partial charge is 0.299 e. The zero-order chi connectivity index (χ0) is 18.7. The van der Waals surface area contributed by atoms with Gasteiger partial charge in [-0.25, -0.2) is 0 Å². The molecule has 1 rings (SSSR count). The van der Waals surface area contributed by atoms with Gasteiger partial charge in [-0.15, -0.1) is 0 Å². The molecule has 0 aliphatic carbocycles. The Morgan fingerprint density at radius 1 is 1.20 bits per heavy atom. The number of aryl methyl sites for hydroxylation is 1. The number of unbranched alkanes of at least 4 members (excludes halogenated alkanes) is 2. The number of carbonyl (C=O) groups is 1. The van der Waals surface area contributed by atoms with Gasteiger partial charge in [0.15, 0.2) is 0 Å². The van der Waals surface area contributed by atoms with Crippen LogP contribution >= 0.6 is 27.4 Å². The average Bonchev–Trinajstić information content (AvgIpc) is 2.59. The molecule has 25 heavy (non-hydrogen) atoms. The molecule has 2 unspecified atom stereocenters. The fourth-order valence-electron chi connectivity index (χ4n) is 2.46. The Bertz CT molecular complexity index is 553. The third-order valence-corrected chi connectivity index (χ3v) is 15.6. The SMILES string of the molecule is CCC(C)SP(=S)(SCCCCCc1ccccc1)N(CC)C(C)=O. The number of rotatable bonds is 12. The van der Waals surface area contributed by atoms with Crippen LogP contribution in [-0.4, -0.2) is 28.1 Å². The highest BCUT2D eigenvalue weighted by molar-refractivity contribution is 9.00. The summed E-state index contributed by atoms with van der Waals surface area (Å²) in [5.41, 5.74) is 1.42. The van der Waals surface area contributed by atoms with Crippen LogP contribution in [0.3, 0.4) is 0 Å². The Hall–Kier alpha value is 0.0400. The summed E-state index contributed by atoms with van der Waals surface area (Å²) in [4.78, 5) is 12.0. The summed E-state index contributed by atoms with van der Waals surface area (Å²) >= 11 is 9.77. The summed E-state index contributed by atoms with van der Waals surface area (Å²) in [5.74, 6) is 1.18. The fourth-order valence-corrected chi connectivity index (χ4v) is 15.1. The van der Waals surface area contributed by atoms with Crippen molar-refractivity contribution in [2.75, 3.05) is 12.3 Å². The Morgan fingerprint density at radius 2 is 1.88 bits per heavy atom. The van der Waals surface area contributed by atoms with E-state index in [1.54, 1.807) is 6.92 Å². The van der Waals surface area contributed by atoms with Crippen molar-refractivity contribution in [2.24, 2.45) is 0 Å². The molecule has 142 valence electrons. The van der Waals surface area contributed by atoms with Crippen molar-refractivity contribution < 1.29 is 4.79 Å². The first-order valence-electron chi connectivity index (χ1n) is 9.18. The molecule has 1 amide bonds. The van der Waals surface area contributed by atoms with Crippen LogP contribution in [0.25, 0.3) is 0 Å². The molecule has 0 aliphatic rings. The molecule has 0 N–H and O–H groups in total. The lowest BCUT2D eigenvalue weighted by atomic mass is 10.1. The van der Waals surface area contributed by atoms with E-state index in [4.69, 9.17) is 11.8 Å². The highest BCUT2D eigenvalue weighted by Crippen LogP contribution is 2.73. The highest BCUT2D eigenvalue weighted by atomic mass is 33.2. The maximum absolute atomic E-state index is 12.0. The van der Waals surface area contributed by atoms with Gasteiger partial charge in [0.05, 0.1) is 0 Å². The lowest BCUT2D eigenvalue weighted by Gasteiger charge is -2.34. The maximum atomic E-state index is 12.0. The van der Waals surface area contributed by atoms with Crippen molar-refractivity contribution in [2.45, 2.75) is 65.0 Å². The molecule has 2 atom stereocenters. The zero-order valence-corrected chi connectivity index (χ0v) is 19.3. The van der Waals surface area contributed by atoms with E-state index < -0.39 is 4.59 Å². The predicted molar refractivity (Wildman–Crippen MR) is 121 cm³/mol. The minimum absolute atomic E-state index is 0.123. The van der Waals surface area contributed by atoms with Crippen molar-refractivity contribution in [3.63, 3.8) is 0 Å². The Balaban J connectivity index is 2.46. The molecule has 0 bridgehead atoms. The number of carbonyl (C=O) groups excluding carboxylic acids is 1. The molecule has 0 radical (unpaired) electrons. The molecule has 0 spiro atoms. The molecular weight excluding hydrogens is 385 g/mol. The molecule has 0 saturated carbocycles. The van der Waals surface area contributed by atoms with Crippen LogP contribution in [-0.2, 0) is 23.0 Å². The molecule has 6 heteroatoms. The molecule has 1 aromatic carbocycles. The monoisotopic (exact) mass is 417 g/mol. The summed E-state index contributed by atoms with van der Waals surface area (Å²) in [6.07, 6.45) is 5.85. The summed E-state index contributed by atoms with van der Waals surface area (Å²) in [6, 6.07) is 10.7. The van der Waals surface area contributed by atoms with Gasteiger partial charge in [0, 0.05) is 24.5 Å². The first-order chi connectivity index (χ1) is 11.9. The smallest absolute Gasteiger partial charge is 0.224 e. The van der Waals surface area contributed by atoms with E-state index in [1.807, 2.05) is 34.4 Å². The van der Waals surface area contributed by atoms with Gasteiger partial charge in [0.1, 0.15) is 4.59 Å². The van der Waals surface area contributed by atoms with Crippen molar-refractivity contribution >= 4 is 45.1 Å². The van der Waals surface area contributed by atoms with Crippen molar-refractivity contribution in [1.82, 2.24) is 4.67 Å². The normalized spacial score (nSPS) is 14.7. The van der Waals surface area contributed by atoms with Crippen LogP contribution in [0, 0.1) is 0 Å². The number of nitrogens with zero attached hydrogens (tertiary/aromatic N) is 1. The van der Waals surface area contributed by atoms with Gasteiger partial charge in [-0.3, -0.25) is 9.46 Å². The van der Waals surface area contributed by atoms with E-state index >= 15 is 0 Å². The minimum Gasteiger partial charge on any atom is -0.299 e. The third kappa shape index (κ3) is 8.51. The van der Waals surface area contributed by atoms with Crippen molar-refractivity contribution in [3.8, 4) is 0 Å². The fraction of sp³-hybridized carbons (Fsp3) is 0.632. The first-order valence-corrected chi connectivity index (χ1v) is 15.0. The lowest BCUT2D eigenvalue weighted by Crippen LogP contribution is -2.23. The molecule has 2 nitrogen and oxygen atoms in total. The topological polar surface area (TPSA) is 20.3 Å².